The van der Waals surface area contributed by atoms with Crippen molar-refractivity contribution in [1.82, 2.24) is 0 Å². The second kappa shape index (κ2) is 9.59. The van der Waals surface area contributed by atoms with Gasteiger partial charge in [-0.2, -0.15) is 0 Å². The second-order valence-corrected chi connectivity index (χ2v) is 4.47. The number of hydrogen-bond acceptors (Lipinski definition) is 9. The molecule has 0 aromatic heterocycles. The molecule has 0 spiro atoms. The van der Waals surface area contributed by atoms with Crippen LogP contribution >= 0.6 is 7.82 Å². The van der Waals surface area contributed by atoms with Gasteiger partial charge >= 0.3 is 7.82 Å². The van der Waals surface area contributed by atoms with E-state index >= 15 is 0 Å². The lowest BCUT2D eigenvalue weighted by Crippen LogP contribution is -2.25. The Bertz CT molecular complexity index is 342. The number of aliphatic hydroxyl groups is 1. The predicted molar refractivity (Wildman–Crippen MR) is 56.8 cm³/mol. The molecule has 0 bridgehead atoms. The third-order valence-electron chi connectivity index (χ3n) is 1.59. The molecular formula is C8H13O10P. The summed E-state index contributed by atoms with van der Waals surface area (Å²) in [7, 11) is -4.54. The third kappa shape index (κ3) is 9.28. The Morgan fingerprint density at radius 2 is 1.89 bits per heavy atom. The molecular weight excluding hydrogens is 287 g/mol. The summed E-state index contributed by atoms with van der Waals surface area (Å²) in [6.07, 6.45) is -1.10. The van der Waals surface area contributed by atoms with Gasteiger partial charge in [0.25, 0.3) is 12.9 Å². The van der Waals surface area contributed by atoms with Gasteiger partial charge in [0.05, 0.1) is 6.61 Å². The summed E-state index contributed by atoms with van der Waals surface area (Å²) < 4.78 is 28.6. The van der Waals surface area contributed by atoms with Crippen LogP contribution in [0.15, 0.2) is 0 Å². The number of carbonyl (C=O) groups excluding carboxylic acids is 3. The Balaban J connectivity index is 4.15. The lowest BCUT2D eigenvalue weighted by molar-refractivity contribution is -0.144. The summed E-state index contributed by atoms with van der Waals surface area (Å²) >= 11 is 0. The van der Waals surface area contributed by atoms with Crippen LogP contribution in [-0.4, -0.2) is 61.3 Å². The standard InChI is InChI=1S/C8H13O10P/c9-1-7(12)2-17-19(13,14)18-4-8(16-6-11)3-15-5-10/h5-6,8-9H,1-4H2,(H,13,14)/t8-/m1/s1. The Kier molecular flexibility index (Phi) is 8.92. The highest BCUT2D eigenvalue weighted by atomic mass is 31.2. The SMILES string of the molecule is O=COC[C@H](COP(=O)(O)OCC(=O)CO)OC=O. The zero-order valence-corrected chi connectivity index (χ0v) is 10.6. The molecule has 10 nitrogen and oxygen atoms in total. The topological polar surface area (TPSA) is 146 Å². The minimum Gasteiger partial charge on any atom is -0.464 e. The van der Waals surface area contributed by atoms with E-state index in [0.717, 1.165) is 0 Å². The van der Waals surface area contributed by atoms with Gasteiger partial charge in [-0.1, -0.05) is 0 Å². The van der Waals surface area contributed by atoms with Crippen LogP contribution in [-0.2, 0) is 37.5 Å². The van der Waals surface area contributed by atoms with Gasteiger partial charge in [-0.3, -0.25) is 23.4 Å². The number of aliphatic hydroxyl groups excluding tert-OH is 1. The molecule has 2 atom stereocenters. The summed E-state index contributed by atoms with van der Waals surface area (Å²) in [5.74, 6) is -0.817. The molecule has 11 heteroatoms. The number of phosphoric ester groups is 1. The summed E-state index contributed by atoms with van der Waals surface area (Å²) in [5.41, 5.74) is 0. The third-order valence-corrected chi connectivity index (χ3v) is 2.52. The van der Waals surface area contributed by atoms with E-state index in [4.69, 9.17) is 10.00 Å². The lowest BCUT2D eigenvalue weighted by Gasteiger charge is -2.16. The van der Waals surface area contributed by atoms with Crippen LogP contribution in [0.25, 0.3) is 0 Å². The number of ether oxygens (including phenoxy) is 2. The molecule has 0 fully saturated rings. The average Bonchev–Trinajstić information content (AvgIpc) is 2.39. The first-order valence-electron chi connectivity index (χ1n) is 4.84. The largest absolute Gasteiger partial charge is 0.472 e. The van der Waals surface area contributed by atoms with Gasteiger partial charge in [0, 0.05) is 0 Å². The average molecular weight is 300 g/mol. The van der Waals surface area contributed by atoms with Crippen LogP contribution < -0.4 is 0 Å². The van der Waals surface area contributed by atoms with Crippen LogP contribution in [0.2, 0.25) is 0 Å². The number of phosphoric acid groups is 1. The van der Waals surface area contributed by atoms with Crippen molar-refractivity contribution in [3.63, 3.8) is 0 Å². The van der Waals surface area contributed by atoms with Crippen molar-refractivity contribution in [2.75, 3.05) is 26.4 Å². The molecule has 0 aliphatic rings. The van der Waals surface area contributed by atoms with E-state index in [1.807, 2.05) is 0 Å². The molecule has 0 aromatic rings. The molecule has 0 radical (unpaired) electrons. The molecule has 0 saturated carbocycles. The zero-order valence-electron chi connectivity index (χ0n) is 9.67. The van der Waals surface area contributed by atoms with Gasteiger partial charge in [-0.15, -0.1) is 0 Å². The van der Waals surface area contributed by atoms with Crippen molar-refractivity contribution in [2.24, 2.45) is 0 Å². The van der Waals surface area contributed by atoms with Gasteiger partial charge < -0.3 is 19.5 Å². The minimum absolute atomic E-state index is 0.0423. The number of carbonyl (C=O) groups is 3. The van der Waals surface area contributed by atoms with Crippen molar-refractivity contribution in [2.45, 2.75) is 6.10 Å². The van der Waals surface area contributed by atoms with Gasteiger partial charge in [-0.25, -0.2) is 4.57 Å². The van der Waals surface area contributed by atoms with Crippen LogP contribution in [0.4, 0.5) is 0 Å². The van der Waals surface area contributed by atoms with Crippen molar-refractivity contribution in [3.8, 4) is 0 Å². The minimum atomic E-state index is -4.54. The van der Waals surface area contributed by atoms with E-state index in [2.05, 4.69) is 18.5 Å². The van der Waals surface area contributed by atoms with E-state index in [1.165, 1.54) is 0 Å². The van der Waals surface area contributed by atoms with Crippen molar-refractivity contribution in [1.29, 1.82) is 0 Å². The zero-order chi connectivity index (χ0) is 14.7. The summed E-state index contributed by atoms with van der Waals surface area (Å²) in [5, 5.41) is 8.37. The van der Waals surface area contributed by atoms with Crippen molar-refractivity contribution >= 4 is 26.6 Å². The van der Waals surface area contributed by atoms with Gasteiger partial charge in [0.1, 0.15) is 19.8 Å². The highest BCUT2D eigenvalue weighted by Gasteiger charge is 2.25. The first kappa shape index (κ1) is 17.7. The van der Waals surface area contributed by atoms with E-state index in [0.29, 0.717) is 0 Å². The van der Waals surface area contributed by atoms with Crippen LogP contribution in [0, 0.1) is 0 Å². The Labute approximate surface area is 107 Å². The summed E-state index contributed by atoms with van der Waals surface area (Å²) in [6, 6.07) is 0. The first-order chi connectivity index (χ1) is 8.95. The Hall–Kier alpha value is -1.32. The van der Waals surface area contributed by atoms with Gasteiger partial charge in [0.2, 0.25) is 0 Å². The Morgan fingerprint density at radius 1 is 1.21 bits per heavy atom. The second-order valence-electron chi connectivity index (χ2n) is 3.02. The molecule has 0 aliphatic carbocycles. The molecule has 0 amide bonds. The maximum atomic E-state index is 11.2. The van der Waals surface area contributed by atoms with Crippen LogP contribution in [0.1, 0.15) is 0 Å². The normalized spacial score (nSPS) is 15.1. The quantitative estimate of drug-likeness (QED) is 0.319. The molecule has 0 rings (SSSR count). The molecule has 110 valence electrons. The van der Waals surface area contributed by atoms with E-state index in [9.17, 15) is 18.9 Å². The molecule has 0 aliphatic heterocycles. The molecule has 0 heterocycles. The van der Waals surface area contributed by atoms with Gasteiger partial charge in [-0.05, 0) is 0 Å². The molecule has 2 N–H and O–H groups in total. The fraction of sp³-hybridized carbons (Fsp3) is 0.625. The summed E-state index contributed by atoms with van der Waals surface area (Å²) in [6.45, 7) is -2.49. The van der Waals surface area contributed by atoms with Gasteiger partial charge in [0.15, 0.2) is 11.9 Å². The fourth-order valence-electron chi connectivity index (χ4n) is 0.766. The summed E-state index contributed by atoms with van der Waals surface area (Å²) in [4.78, 5) is 39.8. The number of rotatable bonds is 12. The number of hydrogen-bond donors (Lipinski definition) is 2. The first-order valence-corrected chi connectivity index (χ1v) is 6.33. The molecule has 0 saturated heterocycles. The van der Waals surface area contributed by atoms with E-state index in [1.54, 1.807) is 0 Å². The van der Waals surface area contributed by atoms with Crippen molar-refractivity contribution in [3.05, 3.63) is 0 Å². The monoisotopic (exact) mass is 300 g/mol. The molecule has 19 heavy (non-hydrogen) atoms. The Morgan fingerprint density at radius 3 is 2.42 bits per heavy atom. The molecule has 0 aromatic carbocycles. The predicted octanol–water partition coefficient (Wildman–Crippen LogP) is -1.60. The van der Waals surface area contributed by atoms with E-state index < -0.39 is 39.5 Å². The smallest absolute Gasteiger partial charge is 0.464 e. The lowest BCUT2D eigenvalue weighted by atomic mass is 10.4. The maximum Gasteiger partial charge on any atom is 0.472 e. The van der Waals surface area contributed by atoms with Crippen LogP contribution in [0.5, 0.6) is 0 Å². The number of Topliss-reactive ketones (excluding diaryl/α,β-unsaturated/α-hetero) is 1. The van der Waals surface area contributed by atoms with E-state index in [-0.39, 0.29) is 19.6 Å². The fourth-order valence-corrected chi connectivity index (χ4v) is 1.50. The van der Waals surface area contributed by atoms with Crippen LogP contribution in [0.3, 0.4) is 0 Å². The molecule has 1 unspecified atom stereocenters. The highest BCUT2D eigenvalue weighted by molar-refractivity contribution is 7.47. The maximum absolute atomic E-state index is 11.2. The number of ketones is 1. The highest BCUT2D eigenvalue weighted by Crippen LogP contribution is 2.43. The van der Waals surface area contributed by atoms with Crippen molar-refractivity contribution < 1.29 is 47.5 Å².